The van der Waals surface area contributed by atoms with Crippen molar-refractivity contribution in [2.24, 2.45) is 10.8 Å². The van der Waals surface area contributed by atoms with Crippen LogP contribution in [0.3, 0.4) is 0 Å². The summed E-state index contributed by atoms with van der Waals surface area (Å²) in [5.74, 6) is -0.938. The number of hydrogen-bond donors (Lipinski definition) is 1. The molecule has 134 valence electrons. The first kappa shape index (κ1) is 16.6. The Morgan fingerprint density at radius 1 is 1.32 bits per heavy atom. The van der Waals surface area contributed by atoms with E-state index in [1.54, 1.807) is 0 Å². The molecule has 1 saturated heterocycles. The van der Waals surface area contributed by atoms with Crippen LogP contribution >= 0.6 is 0 Å². The smallest absolute Gasteiger partial charge is 0.356 e. The van der Waals surface area contributed by atoms with E-state index in [4.69, 9.17) is 0 Å². The second-order valence-electron chi connectivity index (χ2n) is 9.19. The number of rotatable bonds is 3. The summed E-state index contributed by atoms with van der Waals surface area (Å²) >= 11 is 0. The molecule has 1 saturated carbocycles. The van der Waals surface area contributed by atoms with Crippen LogP contribution in [0.1, 0.15) is 61.9 Å². The average molecular weight is 341 g/mol. The molecule has 1 N–H and O–H groups in total. The van der Waals surface area contributed by atoms with Gasteiger partial charge in [-0.15, -0.1) is 0 Å². The maximum atomic E-state index is 11.8. The van der Waals surface area contributed by atoms with Gasteiger partial charge in [-0.1, -0.05) is 26.8 Å². The molecule has 5 heteroatoms. The van der Waals surface area contributed by atoms with Gasteiger partial charge in [-0.25, -0.2) is 9.78 Å². The van der Waals surface area contributed by atoms with Crippen LogP contribution in [-0.4, -0.2) is 37.9 Å². The number of pyridine rings is 1. The number of carbonyl (C=O) groups is 1. The fourth-order valence-electron chi connectivity index (χ4n) is 5.60. The average Bonchev–Trinajstić information content (AvgIpc) is 2.95. The minimum absolute atomic E-state index is 0.195. The van der Waals surface area contributed by atoms with E-state index in [-0.39, 0.29) is 5.69 Å². The third-order valence-electron chi connectivity index (χ3n) is 6.01. The summed E-state index contributed by atoms with van der Waals surface area (Å²) in [5.41, 5.74) is 3.46. The Hall–Kier alpha value is -1.88. The van der Waals surface area contributed by atoms with E-state index < -0.39 is 5.97 Å². The second kappa shape index (κ2) is 5.31. The number of likely N-dealkylation sites (tertiary alicyclic amines) is 1. The van der Waals surface area contributed by atoms with Gasteiger partial charge in [0.05, 0.1) is 5.69 Å². The third kappa shape index (κ3) is 2.74. The minimum atomic E-state index is -0.938. The molecule has 2 bridgehead atoms. The van der Waals surface area contributed by atoms with E-state index in [1.165, 1.54) is 19.3 Å². The van der Waals surface area contributed by atoms with Gasteiger partial charge in [0.25, 0.3) is 0 Å². The lowest BCUT2D eigenvalue weighted by atomic mass is 9.65. The molecular weight excluding hydrogens is 314 g/mol. The molecular formula is C20H27N3O2. The van der Waals surface area contributed by atoms with E-state index in [0.717, 1.165) is 23.6 Å². The summed E-state index contributed by atoms with van der Waals surface area (Å²) in [5, 5.41) is 9.66. The van der Waals surface area contributed by atoms with Crippen molar-refractivity contribution in [3.05, 3.63) is 35.3 Å². The third-order valence-corrected chi connectivity index (χ3v) is 6.01. The van der Waals surface area contributed by atoms with Crippen molar-refractivity contribution in [3.8, 4) is 0 Å². The standard InChI is InChI=1S/C20H27N3O2/c1-13-6-5-7-16-21-17(18(24)25)15(23(13)16)10-22-12-20(4)9-14(22)8-19(2,3)11-20/h5-7,14H,8-12H2,1-4H3,(H,24,25). The van der Waals surface area contributed by atoms with Crippen molar-refractivity contribution in [1.29, 1.82) is 0 Å². The zero-order valence-corrected chi connectivity index (χ0v) is 15.5. The second-order valence-corrected chi connectivity index (χ2v) is 9.19. The van der Waals surface area contributed by atoms with E-state index in [1.807, 2.05) is 29.5 Å². The van der Waals surface area contributed by atoms with E-state index in [2.05, 4.69) is 30.7 Å². The molecule has 1 aliphatic carbocycles. The van der Waals surface area contributed by atoms with Crippen LogP contribution in [0.5, 0.6) is 0 Å². The highest BCUT2D eigenvalue weighted by Gasteiger charge is 2.49. The molecule has 2 aromatic heterocycles. The molecule has 0 aromatic carbocycles. The summed E-state index contributed by atoms with van der Waals surface area (Å²) < 4.78 is 2.01. The quantitative estimate of drug-likeness (QED) is 0.924. The van der Waals surface area contributed by atoms with Gasteiger partial charge in [0.2, 0.25) is 0 Å². The molecule has 2 atom stereocenters. The van der Waals surface area contributed by atoms with Crippen LogP contribution in [-0.2, 0) is 6.54 Å². The highest BCUT2D eigenvalue weighted by Crippen LogP contribution is 2.52. The number of imidazole rings is 1. The van der Waals surface area contributed by atoms with Gasteiger partial charge in [-0.2, -0.15) is 0 Å². The lowest BCUT2D eigenvalue weighted by Crippen LogP contribution is -2.34. The van der Waals surface area contributed by atoms with Gasteiger partial charge in [0.15, 0.2) is 5.69 Å². The van der Waals surface area contributed by atoms with Gasteiger partial charge in [0.1, 0.15) is 5.65 Å². The SMILES string of the molecule is Cc1cccc2nc(C(=O)O)c(CN3CC4(C)CC3CC(C)(C)C4)n12. The Morgan fingerprint density at radius 2 is 2.08 bits per heavy atom. The van der Waals surface area contributed by atoms with Gasteiger partial charge in [0, 0.05) is 24.8 Å². The van der Waals surface area contributed by atoms with Crippen molar-refractivity contribution in [3.63, 3.8) is 0 Å². The van der Waals surface area contributed by atoms with E-state index in [0.29, 0.717) is 23.4 Å². The lowest BCUT2D eigenvalue weighted by Gasteiger charge is -2.39. The Morgan fingerprint density at radius 3 is 2.80 bits per heavy atom. The van der Waals surface area contributed by atoms with Crippen molar-refractivity contribution in [2.75, 3.05) is 6.54 Å². The van der Waals surface area contributed by atoms with E-state index >= 15 is 0 Å². The predicted molar refractivity (Wildman–Crippen MR) is 96.8 cm³/mol. The first-order valence-corrected chi connectivity index (χ1v) is 9.12. The number of aromatic nitrogens is 2. The molecule has 2 unspecified atom stereocenters. The summed E-state index contributed by atoms with van der Waals surface area (Å²) in [6, 6.07) is 6.36. The number of aromatic carboxylic acids is 1. The maximum Gasteiger partial charge on any atom is 0.356 e. The van der Waals surface area contributed by atoms with Crippen molar-refractivity contribution in [2.45, 2.75) is 59.5 Å². The molecule has 0 spiro atoms. The fraction of sp³-hybridized carbons (Fsp3) is 0.600. The molecule has 2 aliphatic rings. The summed E-state index contributed by atoms with van der Waals surface area (Å²) in [4.78, 5) is 18.7. The van der Waals surface area contributed by atoms with Gasteiger partial charge >= 0.3 is 5.97 Å². The molecule has 5 nitrogen and oxygen atoms in total. The van der Waals surface area contributed by atoms with Crippen LogP contribution < -0.4 is 0 Å². The lowest BCUT2D eigenvalue weighted by molar-refractivity contribution is 0.0687. The Balaban J connectivity index is 1.74. The number of nitrogens with zero attached hydrogens (tertiary/aromatic N) is 3. The summed E-state index contributed by atoms with van der Waals surface area (Å²) in [6.45, 7) is 10.8. The normalized spacial score (nSPS) is 28.6. The number of carboxylic acids is 1. The fourth-order valence-corrected chi connectivity index (χ4v) is 5.60. The van der Waals surface area contributed by atoms with Gasteiger partial charge in [-0.3, -0.25) is 9.30 Å². The first-order valence-electron chi connectivity index (χ1n) is 9.12. The molecule has 2 aromatic rings. The van der Waals surface area contributed by atoms with Crippen LogP contribution in [0.25, 0.3) is 5.65 Å². The Kier molecular flexibility index (Phi) is 3.52. The maximum absolute atomic E-state index is 11.8. The molecule has 4 rings (SSSR count). The molecule has 25 heavy (non-hydrogen) atoms. The Bertz CT molecular complexity index is 854. The van der Waals surface area contributed by atoms with Gasteiger partial charge in [-0.05, 0) is 49.1 Å². The number of fused-ring (bicyclic) bond motifs is 3. The first-order chi connectivity index (χ1) is 11.7. The monoisotopic (exact) mass is 341 g/mol. The predicted octanol–water partition coefficient (Wildman–Crippen LogP) is 3.74. The molecule has 1 aliphatic heterocycles. The zero-order valence-electron chi connectivity index (χ0n) is 15.5. The minimum Gasteiger partial charge on any atom is -0.476 e. The summed E-state index contributed by atoms with van der Waals surface area (Å²) in [7, 11) is 0. The largest absolute Gasteiger partial charge is 0.476 e. The number of carboxylic acid groups (broad SMARTS) is 1. The Labute approximate surface area is 148 Å². The molecule has 0 radical (unpaired) electrons. The van der Waals surface area contributed by atoms with Crippen LogP contribution in [0.2, 0.25) is 0 Å². The zero-order chi connectivity index (χ0) is 18.0. The van der Waals surface area contributed by atoms with Crippen molar-refractivity contribution in [1.82, 2.24) is 14.3 Å². The number of hydrogen-bond acceptors (Lipinski definition) is 3. The number of aryl methyl sites for hydroxylation is 1. The van der Waals surface area contributed by atoms with Crippen LogP contribution in [0.15, 0.2) is 18.2 Å². The highest BCUT2D eigenvalue weighted by atomic mass is 16.4. The van der Waals surface area contributed by atoms with Crippen molar-refractivity contribution >= 4 is 11.6 Å². The molecule has 3 heterocycles. The van der Waals surface area contributed by atoms with Crippen molar-refractivity contribution < 1.29 is 9.90 Å². The molecule has 0 amide bonds. The van der Waals surface area contributed by atoms with Crippen LogP contribution in [0, 0.1) is 17.8 Å². The topological polar surface area (TPSA) is 57.8 Å². The van der Waals surface area contributed by atoms with E-state index in [9.17, 15) is 9.90 Å². The van der Waals surface area contributed by atoms with Crippen LogP contribution in [0.4, 0.5) is 0 Å². The summed E-state index contributed by atoms with van der Waals surface area (Å²) in [6.07, 6.45) is 3.64. The highest BCUT2D eigenvalue weighted by molar-refractivity contribution is 5.88. The van der Waals surface area contributed by atoms with Gasteiger partial charge < -0.3 is 5.11 Å². The molecule has 2 fully saturated rings.